The van der Waals surface area contributed by atoms with Crippen molar-refractivity contribution in [1.82, 2.24) is 10.2 Å². The van der Waals surface area contributed by atoms with Gasteiger partial charge in [-0.1, -0.05) is 6.92 Å². The first-order valence-corrected chi connectivity index (χ1v) is 7.25. The number of ether oxygens (including phenoxy) is 1. The summed E-state index contributed by atoms with van der Waals surface area (Å²) in [6.07, 6.45) is 5.31. The monoisotopic (exact) mass is 254 g/mol. The van der Waals surface area contributed by atoms with Crippen molar-refractivity contribution in [2.45, 2.75) is 44.6 Å². The van der Waals surface area contributed by atoms with E-state index in [-0.39, 0.29) is 5.54 Å². The lowest BCUT2D eigenvalue weighted by atomic mass is 9.90. The lowest BCUT2D eigenvalue weighted by Gasteiger charge is -2.38. The molecule has 2 heterocycles. The maximum Gasteiger partial charge on any atom is 0.242 e. The van der Waals surface area contributed by atoms with E-state index in [4.69, 9.17) is 4.74 Å². The number of likely N-dealkylation sites (tertiary alicyclic amines) is 1. The summed E-state index contributed by atoms with van der Waals surface area (Å²) in [7, 11) is 1.74. The van der Waals surface area contributed by atoms with Gasteiger partial charge in [-0.3, -0.25) is 4.79 Å². The van der Waals surface area contributed by atoms with Crippen molar-refractivity contribution in [3.8, 4) is 0 Å². The average molecular weight is 254 g/mol. The van der Waals surface area contributed by atoms with Crippen molar-refractivity contribution in [2.75, 3.05) is 33.4 Å². The Kier molecular flexibility index (Phi) is 4.62. The average Bonchev–Trinajstić information content (AvgIpc) is 2.88. The third-order valence-electron chi connectivity index (χ3n) is 4.47. The van der Waals surface area contributed by atoms with Gasteiger partial charge in [0.2, 0.25) is 5.91 Å². The molecule has 0 radical (unpaired) electrons. The normalized spacial score (nSPS) is 32.8. The molecule has 2 aliphatic heterocycles. The summed E-state index contributed by atoms with van der Waals surface area (Å²) in [6.45, 7) is 5.66. The molecule has 2 aliphatic rings. The number of amides is 1. The van der Waals surface area contributed by atoms with E-state index in [1.807, 2.05) is 0 Å². The molecule has 4 nitrogen and oxygen atoms in total. The van der Waals surface area contributed by atoms with E-state index in [2.05, 4.69) is 17.1 Å². The van der Waals surface area contributed by atoms with Crippen molar-refractivity contribution in [2.24, 2.45) is 5.92 Å². The number of methoxy groups -OCH3 is 1. The molecule has 0 spiro atoms. The van der Waals surface area contributed by atoms with Crippen LogP contribution in [0.1, 0.15) is 39.0 Å². The van der Waals surface area contributed by atoms with E-state index in [1.165, 1.54) is 6.42 Å². The van der Waals surface area contributed by atoms with Crippen molar-refractivity contribution >= 4 is 5.91 Å². The maximum absolute atomic E-state index is 12.7. The summed E-state index contributed by atoms with van der Waals surface area (Å²) in [6, 6.07) is 0. The van der Waals surface area contributed by atoms with E-state index >= 15 is 0 Å². The fourth-order valence-corrected chi connectivity index (χ4v) is 3.37. The van der Waals surface area contributed by atoms with Crippen LogP contribution in [0.3, 0.4) is 0 Å². The molecule has 0 saturated carbocycles. The highest BCUT2D eigenvalue weighted by Crippen LogP contribution is 2.28. The first-order chi connectivity index (χ1) is 8.72. The van der Waals surface area contributed by atoms with Gasteiger partial charge in [0, 0.05) is 20.2 Å². The SMILES string of the molecule is CC[C@]1(C(=O)N2CCC[C@H](COC)C2)CCCN1. The van der Waals surface area contributed by atoms with Gasteiger partial charge in [0.1, 0.15) is 0 Å². The molecule has 104 valence electrons. The number of carbonyl (C=O) groups excluding carboxylic acids is 1. The van der Waals surface area contributed by atoms with E-state index in [0.29, 0.717) is 11.8 Å². The Labute approximate surface area is 110 Å². The van der Waals surface area contributed by atoms with Crippen LogP contribution in [-0.2, 0) is 9.53 Å². The first-order valence-electron chi connectivity index (χ1n) is 7.25. The molecule has 2 atom stereocenters. The summed E-state index contributed by atoms with van der Waals surface area (Å²) < 4.78 is 5.23. The molecule has 4 heteroatoms. The minimum absolute atomic E-state index is 0.269. The quantitative estimate of drug-likeness (QED) is 0.824. The fourth-order valence-electron chi connectivity index (χ4n) is 3.37. The summed E-state index contributed by atoms with van der Waals surface area (Å²) in [5.41, 5.74) is -0.269. The second kappa shape index (κ2) is 6.02. The van der Waals surface area contributed by atoms with Crippen LogP contribution in [0.2, 0.25) is 0 Å². The molecule has 2 saturated heterocycles. The number of nitrogens with zero attached hydrogens (tertiary/aromatic N) is 1. The molecule has 2 fully saturated rings. The number of rotatable bonds is 4. The topological polar surface area (TPSA) is 41.6 Å². The van der Waals surface area contributed by atoms with Crippen molar-refractivity contribution in [3.63, 3.8) is 0 Å². The van der Waals surface area contributed by atoms with Gasteiger partial charge in [0.15, 0.2) is 0 Å². The van der Waals surface area contributed by atoms with Gasteiger partial charge < -0.3 is 15.0 Å². The molecule has 0 aliphatic carbocycles. The third kappa shape index (κ3) is 2.69. The van der Waals surface area contributed by atoms with Crippen LogP contribution in [-0.4, -0.2) is 49.7 Å². The second-order valence-corrected chi connectivity index (χ2v) is 5.68. The molecule has 18 heavy (non-hydrogen) atoms. The molecule has 1 amide bonds. The van der Waals surface area contributed by atoms with Gasteiger partial charge in [-0.15, -0.1) is 0 Å². The molecule has 1 N–H and O–H groups in total. The molecule has 0 unspecified atom stereocenters. The molecular formula is C14H26N2O2. The number of carbonyl (C=O) groups is 1. The zero-order valence-electron chi connectivity index (χ0n) is 11.7. The van der Waals surface area contributed by atoms with Gasteiger partial charge in [0.05, 0.1) is 12.1 Å². The first kappa shape index (κ1) is 13.8. The van der Waals surface area contributed by atoms with Crippen LogP contribution in [0.4, 0.5) is 0 Å². The minimum atomic E-state index is -0.269. The molecule has 0 bridgehead atoms. The molecule has 0 aromatic carbocycles. The van der Waals surface area contributed by atoms with Gasteiger partial charge in [-0.05, 0) is 44.6 Å². The smallest absolute Gasteiger partial charge is 0.242 e. The number of hydrogen-bond donors (Lipinski definition) is 1. The second-order valence-electron chi connectivity index (χ2n) is 5.68. The Hall–Kier alpha value is -0.610. The van der Waals surface area contributed by atoms with Gasteiger partial charge in [0.25, 0.3) is 0 Å². The molecule has 0 aromatic rings. The Morgan fingerprint density at radius 3 is 2.94 bits per heavy atom. The maximum atomic E-state index is 12.7. The Balaban J connectivity index is 1.99. The van der Waals surface area contributed by atoms with Crippen LogP contribution in [0.5, 0.6) is 0 Å². The zero-order chi connectivity index (χ0) is 13.0. The molecule has 0 aromatic heterocycles. The predicted molar refractivity (Wildman–Crippen MR) is 71.4 cm³/mol. The lowest BCUT2D eigenvalue weighted by molar-refractivity contribution is -0.140. The standard InChI is InChI=1S/C14H26N2O2/c1-3-14(7-5-8-15-14)13(17)16-9-4-6-12(10-16)11-18-2/h12,15H,3-11H2,1-2H3/t12-,14+/m0/s1. The van der Waals surface area contributed by atoms with Crippen LogP contribution < -0.4 is 5.32 Å². The van der Waals surface area contributed by atoms with E-state index in [0.717, 1.165) is 51.9 Å². The number of nitrogens with one attached hydrogen (secondary N) is 1. The third-order valence-corrected chi connectivity index (χ3v) is 4.47. The highest BCUT2D eigenvalue weighted by Gasteiger charge is 2.42. The van der Waals surface area contributed by atoms with Crippen LogP contribution >= 0.6 is 0 Å². The van der Waals surface area contributed by atoms with Gasteiger partial charge in [-0.25, -0.2) is 0 Å². The van der Waals surface area contributed by atoms with E-state index in [9.17, 15) is 4.79 Å². The van der Waals surface area contributed by atoms with Crippen LogP contribution in [0.15, 0.2) is 0 Å². The summed E-state index contributed by atoms with van der Waals surface area (Å²) in [5.74, 6) is 0.839. The van der Waals surface area contributed by atoms with Crippen LogP contribution in [0, 0.1) is 5.92 Å². The Bertz CT molecular complexity index is 286. The van der Waals surface area contributed by atoms with Gasteiger partial charge in [-0.2, -0.15) is 0 Å². The largest absolute Gasteiger partial charge is 0.384 e. The minimum Gasteiger partial charge on any atom is -0.384 e. The van der Waals surface area contributed by atoms with Gasteiger partial charge >= 0.3 is 0 Å². The molecule has 2 rings (SSSR count). The van der Waals surface area contributed by atoms with Crippen LogP contribution in [0.25, 0.3) is 0 Å². The summed E-state index contributed by atoms with van der Waals surface area (Å²) >= 11 is 0. The van der Waals surface area contributed by atoms with E-state index < -0.39 is 0 Å². The number of piperidine rings is 1. The highest BCUT2D eigenvalue weighted by molar-refractivity contribution is 5.86. The summed E-state index contributed by atoms with van der Waals surface area (Å²) in [5, 5.41) is 3.44. The number of hydrogen-bond acceptors (Lipinski definition) is 3. The molecular weight excluding hydrogens is 228 g/mol. The van der Waals surface area contributed by atoms with Crippen molar-refractivity contribution < 1.29 is 9.53 Å². The Morgan fingerprint density at radius 1 is 1.50 bits per heavy atom. The van der Waals surface area contributed by atoms with Crippen molar-refractivity contribution in [3.05, 3.63) is 0 Å². The zero-order valence-corrected chi connectivity index (χ0v) is 11.7. The summed E-state index contributed by atoms with van der Waals surface area (Å²) in [4.78, 5) is 14.8. The fraction of sp³-hybridized carbons (Fsp3) is 0.929. The highest BCUT2D eigenvalue weighted by atomic mass is 16.5. The van der Waals surface area contributed by atoms with E-state index in [1.54, 1.807) is 7.11 Å². The van der Waals surface area contributed by atoms with Crippen molar-refractivity contribution in [1.29, 1.82) is 0 Å². The predicted octanol–water partition coefficient (Wildman–Crippen LogP) is 1.40. The Morgan fingerprint density at radius 2 is 2.33 bits per heavy atom. The lowest BCUT2D eigenvalue weighted by Crippen LogP contribution is -2.56.